The fourth-order valence-corrected chi connectivity index (χ4v) is 3.39. The van der Waals surface area contributed by atoms with Gasteiger partial charge in [0.05, 0.1) is 5.92 Å². The van der Waals surface area contributed by atoms with Crippen LogP contribution in [0.15, 0.2) is 42.5 Å². The lowest BCUT2D eigenvalue weighted by Gasteiger charge is -2.16. The third-order valence-corrected chi connectivity index (χ3v) is 4.90. The summed E-state index contributed by atoms with van der Waals surface area (Å²) in [4.78, 5) is 38.2. The van der Waals surface area contributed by atoms with Crippen LogP contribution in [0.4, 0.5) is 11.4 Å². The molecular formula is C21H21ClN2O4. The van der Waals surface area contributed by atoms with Crippen molar-refractivity contribution in [1.82, 2.24) is 0 Å². The Bertz CT molecular complexity index is 908. The molecule has 0 unspecified atom stereocenters. The predicted molar refractivity (Wildman–Crippen MR) is 107 cm³/mol. The quantitative estimate of drug-likeness (QED) is 0.779. The number of amides is 2. The number of aryl methyl sites for hydroxylation is 2. The molecule has 0 aromatic heterocycles. The SMILES string of the molecule is Cc1cccc(C)c1NC(=O)COC(=O)[C@@H]1CC(=O)N(c2cccc(Cl)c2)C1. The minimum absolute atomic E-state index is 0.0455. The second-order valence-corrected chi connectivity index (χ2v) is 7.24. The Morgan fingerprint density at radius 3 is 2.54 bits per heavy atom. The molecule has 0 bridgehead atoms. The third-order valence-electron chi connectivity index (χ3n) is 4.67. The van der Waals surface area contributed by atoms with Gasteiger partial charge in [-0.2, -0.15) is 0 Å². The summed E-state index contributed by atoms with van der Waals surface area (Å²) in [6, 6.07) is 12.6. The number of rotatable bonds is 5. The number of hydrogen-bond donors (Lipinski definition) is 1. The van der Waals surface area contributed by atoms with Crippen molar-refractivity contribution in [2.75, 3.05) is 23.4 Å². The molecule has 2 amide bonds. The van der Waals surface area contributed by atoms with E-state index in [2.05, 4.69) is 5.32 Å². The number of anilines is 2. The third kappa shape index (κ3) is 4.51. The second-order valence-electron chi connectivity index (χ2n) is 6.81. The molecule has 0 aliphatic carbocycles. The fourth-order valence-electron chi connectivity index (χ4n) is 3.20. The van der Waals surface area contributed by atoms with Crippen molar-refractivity contribution >= 4 is 40.8 Å². The van der Waals surface area contributed by atoms with Gasteiger partial charge in [-0.25, -0.2) is 0 Å². The number of hydrogen-bond acceptors (Lipinski definition) is 4. The molecule has 146 valence electrons. The van der Waals surface area contributed by atoms with Gasteiger partial charge in [-0.15, -0.1) is 0 Å². The van der Waals surface area contributed by atoms with E-state index in [-0.39, 0.29) is 18.9 Å². The van der Waals surface area contributed by atoms with E-state index in [9.17, 15) is 14.4 Å². The molecule has 0 spiro atoms. The summed E-state index contributed by atoms with van der Waals surface area (Å²) in [5.41, 5.74) is 3.21. The summed E-state index contributed by atoms with van der Waals surface area (Å²) in [5.74, 6) is -1.76. The maximum Gasteiger partial charge on any atom is 0.311 e. The molecule has 1 atom stereocenters. The molecule has 0 radical (unpaired) electrons. The molecule has 1 aliphatic rings. The van der Waals surface area contributed by atoms with Crippen LogP contribution in [0.1, 0.15) is 17.5 Å². The van der Waals surface area contributed by atoms with E-state index >= 15 is 0 Å². The van der Waals surface area contributed by atoms with Gasteiger partial charge < -0.3 is 15.0 Å². The van der Waals surface area contributed by atoms with Crippen molar-refractivity contribution in [1.29, 1.82) is 0 Å². The standard InChI is InChI=1S/C21H21ClN2O4/c1-13-5-3-6-14(2)20(13)23-18(25)12-28-21(27)15-9-19(26)24(11-15)17-8-4-7-16(22)10-17/h3-8,10,15H,9,11-12H2,1-2H3,(H,23,25)/t15-/m1/s1. The highest BCUT2D eigenvalue weighted by molar-refractivity contribution is 6.31. The zero-order chi connectivity index (χ0) is 20.3. The van der Waals surface area contributed by atoms with Gasteiger partial charge in [-0.05, 0) is 43.2 Å². The molecule has 1 N–H and O–H groups in total. The Morgan fingerprint density at radius 1 is 1.18 bits per heavy atom. The molecule has 1 fully saturated rings. The highest BCUT2D eigenvalue weighted by Gasteiger charge is 2.36. The number of benzene rings is 2. The van der Waals surface area contributed by atoms with Crippen molar-refractivity contribution in [3.05, 3.63) is 58.6 Å². The lowest BCUT2D eigenvalue weighted by Crippen LogP contribution is -2.28. The number of para-hydroxylation sites is 1. The van der Waals surface area contributed by atoms with E-state index in [0.717, 1.165) is 11.1 Å². The van der Waals surface area contributed by atoms with Gasteiger partial charge in [-0.1, -0.05) is 35.9 Å². The fraction of sp³-hybridized carbons (Fsp3) is 0.286. The Balaban J connectivity index is 1.55. The van der Waals surface area contributed by atoms with Crippen LogP contribution in [0.2, 0.25) is 5.02 Å². The van der Waals surface area contributed by atoms with Crippen LogP contribution in [0.5, 0.6) is 0 Å². The van der Waals surface area contributed by atoms with Crippen LogP contribution >= 0.6 is 11.6 Å². The minimum Gasteiger partial charge on any atom is -0.455 e. The zero-order valence-electron chi connectivity index (χ0n) is 15.7. The first-order chi connectivity index (χ1) is 13.3. The minimum atomic E-state index is -0.612. The number of esters is 1. The molecule has 2 aromatic rings. The zero-order valence-corrected chi connectivity index (χ0v) is 16.5. The smallest absolute Gasteiger partial charge is 0.311 e. The monoisotopic (exact) mass is 400 g/mol. The van der Waals surface area contributed by atoms with E-state index in [1.165, 1.54) is 4.90 Å². The maximum atomic E-state index is 12.3. The molecule has 3 rings (SSSR count). The van der Waals surface area contributed by atoms with Crippen molar-refractivity contribution in [3.63, 3.8) is 0 Å². The summed E-state index contributed by atoms with van der Waals surface area (Å²) >= 11 is 5.97. The summed E-state index contributed by atoms with van der Waals surface area (Å²) in [6.07, 6.45) is 0.0455. The summed E-state index contributed by atoms with van der Waals surface area (Å²) in [5, 5.41) is 3.28. The Morgan fingerprint density at radius 2 is 1.86 bits per heavy atom. The Hall–Kier alpha value is -2.86. The highest BCUT2D eigenvalue weighted by atomic mass is 35.5. The van der Waals surface area contributed by atoms with Gasteiger partial charge >= 0.3 is 5.97 Å². The van der Waals surface area contributed by atoms with Gasteiger partial charge in [0.1, 0.15) is 0 Å². The first-order valence-corrected chi connectivity index (χ1v) is 9.31. The number of nitrogens with zero attached hydrogens (tertiary/aromatic N) is 1. The van der Waals surface area contributed by atoms with Crippen molar-refractivity contribution < 1.29 is 19.1 Å². The van der Waals surface area contributed by atoms with Crippen LogP contribution in [0.3, 0.4) is 0 Å². The molecule has 1 aliphatic heterocycles. The molecule has 6 nitrogen and oxygen atoms in total. The van der Waals surface area contributed by atoms with E-state index < -0.39 is 24.4 Å². The van der Waals surface area contributed by atoms with E-state index in [1.54, 1.807) is 24.3 Å². The number of carbonyl (C=O) groups excluding carboxylic acids is 3. The summed E-state index contributed by atoms with van der Waals surface area (Å²) in [6.45, 7) is 3.59. The lowest BCUT2D eigenvalue weighted by molar-refractivity contribution is -0.151. The van der Waals surface area contributed by atoms with Crippen LogP contribution in [-0.4, -0.2) is 30.9 Å². The molecule has 1 heterocycles. The van der Waals surface area contributed by atoms with Crippen LogP contribution < -0.4 is 10.2 Å². The molecule has 28 heavy (non-hydrogen) atoms. The topological polar surface area (TPSA) is 75.7 Å². The van der Waals surface area contributed by atoms with Gasteiger partial charge in [0, 0.05) is 29.4 Å². The first kappa shape index (κ1) is 19.9. The van der Waals surface area contributed by atoms with E-state index in [4.69, 9.17) is 16.3 Å². The second kappa shape index (κ2) is 8.44. The van der Waals surface area contributed by atoms with Gasteiger partial charge in [-0.3, -0.25) is 14.4 Å². The number of halogens is 1. The average Bonchev–Trinajstić information content (AvgIpc) is 3.05. The summed E-state index contributed by atoms with van der Waals surface area (Å²) in [7, 11) is 0. The highest BCUT2D eigenvalue weighted by Crippen LogP contribution is 2.27. The molecule has 7 heteroatoms. The molecule has 2 aromatic carbocycles. The predicted octanol–water partition coefficient (Wildman–Crippen LogP) is 3.49. The number of ether oxygens (including phenoxy) is 1. The Labute approximate surface area is 168 Å². The van der Waals surface area contributed by atoms with Crippen molar-refractivity contribution in [2.24, 2.45) is 5.92 Å². The molecular weight excluding hydrogens is 380 g/mol. The summed E-state index contributed by atoms with van der Waals surface area (Å²) < 4.78 is 5.14. The van der Waals surface area contributed by atoms with E-state index in [1.807, 2.05) is 32.0 Å². The van der Waals surface area contributed by atoms with Crippen LogP contribution in [0.25, 0.3) is 0 Å². The first-order valence-electron chi connectivity index (χ1n) is 8.94. The number of nitrogens with one attached hydrogen (secondary N) is 1. The maximum absolute atomic E-state index is 12.3. The Kier molecular flexibility index (Phi) is 5.99. The van der Waals surface area contributed by atoms with Crippen LogP contribution in [-0.2, 0) is 19.1 Å². The average molecular weight is 401 g/mol. The molecule has 1 saturated heterocycles. The van der Waals surface area contributed by atoms with Gasteiger partial charge in [0.2, 0.25) is 5.91 Å². The number of carbonyl (C=O) groups is 3. The van der Waals surface area contributed by atoms with E-state index in [0.29, 0.717) is 16.4 Å². The lowest BCUT2D eigenvalue weighted by atomic mass is 10.1. The van der Waals surface area contributed by atoms with Crippen molar-refractivity contribution in [3.8, 4) is 0 Å². The van der Waals surface area contributed by atoms with Crippen LogP contribution in [0, 0.1) is 19.8 Å². The van der Waals surface area contributed by atoms with Gasteiger partial charge in [0.15, 0.2) is 6.61 Å². The molecule has 0 saturated carbocycles. The van der Waals surface area contributed by atoms with Crippen molar-refractivity contribution in [2.45, 2.75) is 20.3 Å². The normalized spacial score (nSPS) is 16.2. The van der Waals surface area contributed by atoms with Gasteiger partial charge in [0.25, 0.3) is 5.91 Å². The largest absolute Gasteiger partial charge is 0.455 e.